The summed E-state index contributed by atoms with van der Waals surface area (Å²) >= 11 is 6.10. The van der Waals surface area contributed by atoms with E-state index in [-0.39, 0.29) is 11.8 Å². The number of carbonyl (C=O) groups is 2. The summed E-state index contributed by atoms with van der Waals surface area (Å²) in [5.41, 5.74) is 0.868. The molecule has 1 heterocycles. The molecule has 2 amide bonds. The third-order valence-electron chi connectivity index (χ3n) is 4.30. The first kappa shape index (κ1) is 18.6. The Morgan fingerprint density at radius 1 is 1.12 bits per heavy atom. The summed E-state index contributed by atoms with van der Waals surface area (Å²) < 4.78 is 5.12. The summed E-state index contributed by atoms with van der Waals surface area (Å²) in [4.78, 5) is 28.1. The molecular formula is C18H25ClN2O3. The molecule has 2 rings (SSSR count). The first-order valence-corrected chi connectivity index (χ1v) is 8.81. The van der Waals surface area contributed by atoms with Crippen LogP contribution in [0.25, 0.3) is 0 Å². The zero-order valence-corrected chi connectivity index (χ0v) is 15.1. The standard InChI is InChI=1S/C18H25ClN2O3/c1-3-4-5-17(22)20-8-10-21(11-9-20)18(23)13-14-6-7-16(24-2)15(19)12-14/h6-7,12H,3-5,8-11,13H2,1-2H3. The Morgan fingerprint density at radius 2 is 1.75 bits per heavy atom. The molecule has 1 aromatic rings. The lowest BCUT2D eigenvalue weighted by molar-refractivity contribution is -0.139. The number of hydrogen-bond donors (Lipinski definition) is 0. The Hall–Kier alpha value is -1.75. The minimum absolute atomic E-state index is 0.0666. The smallest absolute Gasteiger partial charge is 0.227 e. The van der Waals surface area contributed by atoms with Crippen LogP contribution in [-0.2, 0) is 16.0 Å². The van der Waals surface area contributed by atoms with Crippen LogP contribution in [0.1, 0.15) is 31.7 Å². The zero-order chi connectivity index (χ0) is 17.5. The van der Waals surface area contributed by atoms with Crippen LogP contribution in [0, 0.1) is 0 Å². The van der Waals surface area contributed by atoms with Gasteiger partial charge in [-0.25, -0.2) is 0 Å². The number of carbonyl (C=O) groups excluding carboxylic acids is 2. The van der Waals surface area contributed by atoms with E-state index < -0.39 is 0 Å². The van der Waals surface area contributed by atoms with Crippen LogP contribution >= 0.6 is 11.6 Å². The van der Waals surface area contributed by atoms with Crippen LogP contribution in [-0.4, -0.2) is 54.9 Å². The molecule has 1 aliphatic heterocycles. The van der Waals surface area contributed by atoms with Gasteiger partial charge >= 0.3 is 0 Å². The number of benzene rings is 1. The number of amides is 2. The fraction of sp³-hybridized carbons (Fsp3) is 0.556. The maximum Gasteiger partial charge on any atom is 0.227 e. The fourth-order valence-corrected chi connectivity index (χ4v) is 3.08. The van der Waals surface area contributed by atoms with Crippen LogP contribution in [0.3, 0.4) is 0 Å². The quantitative estimate of drug-likeness (QED) is 0.791. The van der Waals surface area contributed by atoms with Crippen molar-refractivity contribution in [1.29, 1.82) is 0 Å². The van der Waals surface area contributed by atoms with Crippen LogP contribution in [0.15, 0.2) is 18.2 Å². The van der Waals surface area contributed by atoms with Gasteiger partial charge in [0.05, 0.1) is 18.6 Å². The van der Waals surface area contributed by atoms with Crippen molar-refractivity contribution in [2.45, 2.75) is 32.6 Å². The predicted octanol–water partition coefficient (Wildman–Crippen LogP) is 2.75. The van der Waals surface area contributed by atoms with Gasteiger partial charge in [0, 0.05) is 32.6 Å². The molecule has 0 N–H and O–H groups in total. The van der Waals surface area contributed by atoms with E-state index in [9.17, 15) is 9.59 Å². The second-order valence-electron chi connectivity index (χ2n) is 6.01. The molecule has 0 radical (unpaired) electrons. The van der Waals surface area contributed by atoms with E-state index in [0.717, 1.165) is 18.4 Å². The van der Waals surface area contributed by atoms with Gasteiger partial charge in [-0.1, -0.05) is 31.0 Å². The summed E-state index contributed by atoms with van der Waals surface area (Å²) in [7, 11) is 1.56. The maximum absolute atomic E-state index is 12.4. The molecule has 0 aromatic heterocycles. The summed E-state index contributed by atoms with van der Waals surface area (Å²) in [6.07, 6.45) is 2.87. The fourth-order valence-electron chi connectivity index (χ4n) is 2.80. The molecule has 5 nitrogen and oxygen atoms in total. The predicted molar refractivity (Wildman–Crippen MR) is 94.4 cm³/mol. The first-order chi connectivity index (χ1) is 11.5. The summed E-state index contributed by atoms with van der Waals surface area (Å²) in [6, 6.07) is 5.39. The lowest BCUT2D eigenvalue weighted by Crippen LogP contribution is -2.50. The molecule has 1 saturated heterocycles. The Morgan fingerprint density at radius 3 is 2.29 bits per heavy atom. The topological polar surface area (TPSA) is 49.9 Å². The molecule has 24 heavy (non-hydrogen) atoms. The lowest BCUT2D eigenvalue weighted by atomic mass is 10.1. The number of ether oxygens (including phenoxy) is 1. The van der Waals surface area contributed by atoms with Gasteiger partial charge in [-0.2, -0.15) is 0 Å². The van der Waals surface area contributed by atoms with Crippen molar-refractivity contribution in [1.82, 2.24) is 9.80 Å². The number of nitrogens with zero attached hydrogens (tertiary/aromatic N) is 2. The van der Waals surface area contributed by atoms with Gasteiger partial charge in [0.15, 0.2) is 0 Å². The van der Waals surface area contributed by atoms with Gasteiger partial charge in [-0.3, -0.25) is 9.59 Å². The summed E-state index contributed by atoms with van der Waals surface area (Å²) in [5, 5.41) is 0.508. The second kappa shape index (κ2) is 8.92. The van der Waals surface area contributed by atoms with Crippen LogP contribution in [0.5, 0.6) is 5.75 Å². The minimum Gasteiger partial charge on any atom is -0.495 e. The van der Waals surface area contributed by atoms with E-state index in [4.69, 9.17) is 16.3 Å². The van der Waals surface area contributed by atoms with E-state index in [0.29, 0.717) is 49.8 Å². The van der Waals surface area contributed by atoms with Gasteiger partial charge in [-0.15, -0.1) is 0 Å². The van der Waals surface area contributed by atoms with E-state index in [1.54, 1.807) is 19.2 Å². The van der Waals surface area contributed by atoms with Gasteiger partial charge < -0.3 is 14.5 Å². The van der Waals surface area contributed by atoms with Gasteiger partial charge in [-0.05, 0) is 24.1 Å². The third kappa shape index (κ3) is 4.87. The number of hydrogen-bond acceptors (Lipinski definition) is 3. The van der Waals surface area contributed by atoms with Crippen molar-refractivity contribution < 1.29 is 14.3 Å². The molecule has 132 valence electrons. The Labute approximate surface area is 148 Å². The monoisotopic (exact) mass is 352 g/mol. The molecule has 1 fully saturated rings. The van der Waals surface area contributed by atoms with Crippen molar-refractivity contribution in [3.63, 3.8) is 0 Å². The average molecular weight is 353 g/mol. The van der Waals surface area contributed by atoms with Crippen molar-refractivity contribution in [3.8, 4) is 5.75 Å². The highest BCUT2D eigenvalue weighted by Gasteiger charge is 2.23. The van der Waals surface area contributed by atoms with Crippen molar-refractivity contribution in [3.05, 3.63) is 28.8 Å². The average Bonchev–Trinajstić information content (AvgIpc) is 2.60. The number of piperazine rings is 1. The van der Waals surface area contributed by atoms with Crippen molar-refractivity contribution in [2.75, 3.05) is 33.3 Å². The molecule has 0 atom stereocenters. The van der Waals surface area contributed by atoms with Gasteiger partial charge in [0.2, 0.25) is 11.8 Å². The molecule has 0 saturated carbocycles. The van der Waals surface area contributed by atoms with Crippen molar-refractivity contribution >= 4 is 23.4 Å². The number of unbranched alkanes of at least 4 members (excludes halogenated alkanes) is 1. The van der Waals surface area contributed by atoms with Crippen LogP contribution in [0.4, 0.5) is 0 Å². The van der Waals surface area contributed by atoms with E-state index >= 15 is 0 Å². The molecule has 6 heteroatoms. The molecular weight excluding hydrogens is 328 g/mol. The Bertz CT molecular complexity index is 584. The molecule has 1 aromatic carbocycles. The summed E-state index contributed by atoms with van der Waals surface area (Å²) in [6.45, 7) is 4.52. The highest BCUT2D eigenvalue weighted by Crippen LogP contribution is 2.25. The summed E-state index contributed by atoms with van der Waals surface area (Å²) in [5.74, 6) is 0.870. The number of methoxy groups -OCH3 is 1. The minimum atomic E-state index is 0.0666. The normalized spacial score (nSPS) is 14.6. The SMILES string of the molecule is CCCCC(=O)N1CCN(C(=O)Cc2ccc(OC)c(Cl)c2)CC1. The zero-order valence-electron chi connectivity index (χ0n) is 14.4. The molecule has 0 bridgehead atoms. The maximum atomic E-state index is 12.4. The molecule has 1 aliphatic rings. The number of halogens is 1. The molecule has 0 spiro atoms. The lowest BCUT2D eigenvalue weighted by Gasteiger charge is -2.35. The van der Waals surface area contributed by atoms with E-state index in [2.05, 4.69) is 6.92 Å². The largest absolute Gasteiger partial charge is 0.495 e. The van der Waals surface area contributed by atoms with Gasteiger partial charge in [0.25, 0.3) is 0 Å². The van der Waals surface area contributed by atoms with E-state index in [1.165, 1.54) is 0 Å². The van der Waals surface area contributed by atoms with Gasteiger partial charge in [0.1, 0.15) is 5.75 Å². The highest BCUT2D eigenvalue weighted by molar-refractivity contribution is 6.32. The first-order valence-electron chi connectivity index (χ1n) is 8.43. The van der Waals surface area contributed by atoms with E-state index in [1.807, 2.05) is 15.9 Å². The molecule has 0 unspecified atom stereocenters. The van der Waals surface area contributed by atoms with Crippen LogP contribution in [0.2, 0.25) is 5.02 Å². The third-order valence-corrected chi connectivity index (χ3v) is 4.60. The van der Waals surface area contributed by atoms with Crippen LogP contribution < -0.4 is 4.74 Å². The second-order valence-corrected chi connectivity index (χ2v) is 6.42. The Balaban J connectivity index is 1.84. The Kier molecular flexibility index (Phi) is 6.91. The van der Waals surface area contributed by atoms with Crippen molar-refractivity contribution in [2.24, 2.45) is 0 Å². The highest BCUT2D eigenvalue weighted by atomic mass is 35.5. The molecule has 0 aliphatic carbocycles. The number of rotatable bonds is 6.